The van der Waals surface area contributed by atoms with Crippen molar-refractivity contribution in [3.63, 3.8) is 0 Å². The molecule has 1 aliphatic rings. The van der Waals surface area contributed by atoms with Gasteiger partial charge in [-0.1, -0.05) is 55.1 Å². The van der Waals surface area contributed by atoms with Gasteiger partial charge in [0.1, 0.15) is 17.9 Å². The molecule has 29 heavy (non-hydrogen) atoms. The molecule has 1 aliphatic carbocycles. The van der Waals surface area contributed by atoms with Gasteiger partial charge in [-0.3, -0.25) is 0 Å². The Kier molecular flexibility index (Phi) is 8.35. The third kappa shape index (κ3) is 5.87. The molecule has 0 aromatic heterocycles. The van der Waals surface area contributed by atoms with E-state index in [2.05, 4.69) is 10.1 Å². The van der Waals surface area contributed by atoms with E-state index in [0.717, 1.165) is 23.4 Å². The van der Waals surface area contributed by atoms with Gasteiger partial charge in [0.15, 0.2) is 0 Å². The van der Waals surface area contributed by atoms with E-state index >= 15 is 0 Å². The van der Waals surface area contributed by atoms with Crippen LogP contribution in [0.5, 0.6) is 5.75 Å². The fourth-order valence-corrected chi connectivity index (χ4v) is 4.09. The number of ether oxygens (including phenoxy) is 1. The van der Waals surface area contributed by atoms with Crippen molar-refractivity contribution in [2.24, 2.45) is 5.18 Å². The van der Waals surface area contributed by atoms with Crippen molar-refractivity contribution in [3.8, 4) is 5.75 Å². The van der Waals surface area contributed by atoms with Gasteiger partial charge >= 0.3 is 0 Å². The molecular formula is C24H34N2O3. The fraction of sp³-hybridized carbons (Fsp3) is 0.500. The molecule has 1 unspecified atom stereocenters. The smallest absolute Gasteiger partial charge is 0.119 e. The monoisotopic (exact) mass is 398 g/mol. The first-order chi connectivity index (χ1) is 13.5. The number of aliphatic hydroxyl groups is 1. The van der Waals surface area contributed by atoms with Crippen LogP contribution in [0.2, 0.25) is 0 Å². The summed E-state index contributed by atoms with van der Waals surface area (Å²) in [6, 6.07) is 18.1. The SMILES string of the molecule is C.CN(C)CC(c1ccc(OCc2ccccc2)cc1)C1(N=O)CCC(O)CC1. The summed E-state index contributed by atoms with van der Waals surface area (Å²) in [5.74, 6) is 0.805. The van der Waals surface area contributed by atoms with Crippen LogP contribution in [0.3, 0.4) is 0 Å². The van der Waals surface area contributed by atoms with E-state index in [1.807, 2.05) is 68.7 Å². The molecule has 0 radical (unpaired) electrons. The first-order valence-electron chi connectivity index (χ1n) is 9.96. The summed E-state index contributed by atoms with van der Waals surface area (Å²) < 4.78 is 5.89. The van der Waals surface area contributed by atoms with Crippen molar-refractivity contribution in [1.29, 1.82) is 0 Å². The second kappa shape index (κ2) is 10.5. The second-order valence-corrected chi connectivity index (χ2v) is 8.08. The Labute approximate surface area is 174 Å². The average Bonchev–Trinajstić information content (AvgIpc) is 2.73. The first-order valence-corrected chi connectivity index (χ1v) is 9.96. The van der Waals surface area contributed by atoms with Crippen LogP contribution in [0.25, 0.3) is 0 Å². The Balaban J connectivity index is 0.00000300. The zero-order chi connectivity index (χ0) is 20.0. The van der Waals surface area contributed by atoms with Crippen molar-refractivity contribution >= 4 is 0 Å². The van der Waals surface area contributed by atoms with Gasteiger partial charge in [0, 0.05) is 12.5 Å². The van der Waals surface area contributed by atoms with E-state index in [1.165, 1.54) is 0 Å². The number of rotatable bonds is 8. The molecule has 1 saturated carbocycles. The lowest BCUT2D eigenvalue weighted by molar-refractivity contribution is 0.0835. The maximum absolute atomic E-state index is 11.9. The van der Waals surface area contributed by atoms with Crippen LogP contribution in [0.15, 0.2) is 59.8 Å². The Morgan fingerprint density at radius 1 is 1.10 bits per heavy atom. The molecule has 0 amide bonds. The topological polar surface area (TPSA) is 62.1 Å². The van der Waals surface area contributed by atoms with E-state index in [9.17, 15) is 10.0 Å². The van der Waals surface area contributed by atoms with E-state index in [4.69, 9.17) is 4.74 Å². The summed E-state index contributed by atoms with van der Waals surface area (Å²) in [6.07, 6.45) is 2.20. The highest BCUT2D eigenvalue weighted by Gasteiger charge is 2.44. The van der Waals surface area contributed by atoms with Gasteiger partial charge in [0.2, 0.25) is 0 Å². The lowest BCUT2D eigenvalue weighted by atomic mass is 9.70. The van der Waals surface area contributed by atoms with E-state index in [0.29, 0.717) is 32.3 Å². The first kappa shape index (κ1) is 23.0. The number of hydrogen-bond donors (Lipinski definition) is 1. The number of nitrogens with zero attached hydrogens (tertiary/aromatic N) is 2. The van der Waals surface area contributed by atoms with Gasteiger partial charge < -0.3 is 14.7 Å². The summed E-state index contributed by atoms with van der Waals surface area (Å²) in [7, 11) is 4.03. The molecule has 1 atom stereocenters. The van der Waals surface area contributed by atoms with Crippen LogP contribution in [0, 0.1) is 4.91 Å². The number of likely N-dealkylation sites (N-methyl/N-ethyl adjacent to an activating group) is 1. The van der Waals surface area contributed by atoms with E-state index in [1.54, 1.807) is 0 Å². The lowest BCUT2D eigenvalue weighted by Gasteiger charge is -2.40. The van der Waals surface area contributed by atoms with Gasteiger partial charge in [-0.15, -0.1) is 0 Å². The zero-order valence-corrected chi connectivity index (χ0v) is 16.8. The predicted molar refractivity (Wildman–Crippen MR) is 118 cm³/mol. The van der Waals surface area contributed by atoms with Crippen LogP contribution in [0.4, 0.5) is 0 Å². The molecule has 5 heteroatoms. The lowest BCUT2D eigenvalue weighted by Crippen LogP contribution is -2.43. The van der Waals surface area contributed by atoms with Crippen molar-refractivity contribution in [1.82, 2.24) is 4.90 Å². The molecule has 2 aromatic carbocycles. The molecule has 5 nitrogen and oxygen atoms in total. The number of aliphatic hydroxyl groups excluding tert-OH is 1. The van der Waals surface area contributed by atoms with Gasteiger partial charge in [0.25, 0.3) is 0 Å². The number of benzene rings is 2. The minimum absolute atomic E-state index is 0. The summed E-state index contributed by atoms with van der Waals surface area (Å²) in [4.78, 5) is 14.0. The molecule has 1 N–H and O–H groups in total. The van der Waals surface area contributed by atoms with Gasteiger partial charge in [0.05, 0.1) is 6.10 Å². The van der Waals surface area contributed by atoms with Crippen molar-refractivity contribution in [2.45, 2.75) is 57.3 Å². The maximum atomic E-state index is 11.9. The third-order valence-corrected chi connectivity index (χ3v) is 5.73. The molecule has 1 fully saturated rings. The molecule has 3 rings (SSSR count). The predicted octanol–water partition coefficient (Wildman–Crippen LogP) is 4.99. The summed E-state index contributed by atoms with van der Waals surface area (Å²) in [5.41, 5.74) is 1.56. The number of nitroso groups, excluding NO2 is 1. The molecule has 0 heterocycles. The molecular weight excluding hydrogens is 364 g/mol. The summed E-state index contributed by atoms with van der Waals surface area (Å²) in [6.45, 7) is 1.27. The Bertz CT molecular complexity index is 738. The molecule has 2 aromatic rings. The van der Waals surface area contributed by atoms with Crippen molar-refractivity contribution in [2.75, 3.05) is 20.6 Å². The standard InChI is InChI=1S/C23H30N2O3.CH4/c1-25(2)16-22(23(24-27)14-12-20(26)13-15-23)19-8-10-21(11-9-19)28-17-18-6-4-3-5-7-18;/h3-11,20,22,26H,12-17H2,1-2H3;1H4. The van der Waals surface area contributed by atoms with Crippen molar-refractivity contribution < 1.29 is 9.84 Å². The molecule has 0 saturated heterocycles. The second-order valence-electron chi connectivity index (χ2n) is 8.08. The van der Waals surface area contributed by atoms with Crippen LogP contribution < -0.4 is 4.74 Å². The Morgan fingerprint density at radius 3 is 2.28 bits per heavy atom. The van der Waals surface area contributed by atoms with Crippen LogP contribution in [-0.4, -0.2) is 42.3 Å². The maximum Gasteiger partial charge on any atom is 0.119 e. The highest BCUT2D eigenvalue weighted by Crippen LogP contribution is 2.43. The zero-order valence-electron chi connectivity index (χ0n) is 16.8. The quantitative estimate of drug-likeness (QED) is 0.637. The highest BCUT2D eigenvalue weighted by atomic mass is 16.5. The van der Waals surface area contributed by atoms with Crippen molar-refractivity contribution in [3.05, 3.63) is 70.6 Å². The normalized spacial score (nSPS) is 22.6. The van der Waals surface area contributed by atoms with E-state index < -0.39 is 5.54 Å². The molecule has 0 aliphatic heterocycles. The van der Waals surface area contributed by atoms with E-state index in [-0.39, 0.29) is 19.4 Å². The van der Waals surface area contributed by atoms with Crippen LogP contribution in [0.1, 0.15) is 50.2 Å². The fourth-order valence-electron chi connectivity index (χ4n) is 4.09. The third-order valence-electron chi connectivity index (χ3n) is 5.73. The van der Waals surface area contributed by atoms with Gasteiger partial charge in [-0.05, 0) is 63.0 Å². The molecule has 0 bridgehead atoms. The largest absolute Gasteiger partial charge is 0.489 e. The molecule has 0 spiro atoms. The Morgan fingerprint density at radius 2 is 1.72 bits per heavy atom. The average molecular weight is 399 g/mol. The van der Waals surface area contributed by atoms with Gasteiger partial charge in [-0.2, -0.15) is 4.91 Å². The van der Waals surface area contributed by atoms with Crippen LogP contribution in [-0.2, 0) is 6.61 Å². The molecule has 158 valence electrons. The highest BCUT2D eigenvalue weighted by molar-refractivity contribution is 5.32. The summed E-state index contributed by atoms with van der Waals surface area (Å²) >= 11 is 0. The minimum Gasteiger partial charge on any atom is -0.489 e. The van der Waals surface area contributed by atoms with Crippen LogP contribution >= 0.6 is 0 Å². The van der Waals surface area contributed by atoms with Gasteiger partial charge in [-0.25, -0.2) is 0 Å². The minimum atomic E-state index is -0.657. The summed E-state index contributed by atoms with van der Waals surface area (Å²) in [5, 5.41) is 13.5. The number of hydrogen-bond acceptors (Lipinski definition) is 5. The Hall–Kier alpha value is -2.24.